The number of nitrogens with zero attached hydrogens (tertiary/aromatic N) is 1. The van der Waals surface area contributed by atoms with Crippen molar-refractivity contribution in [2.45, 2.75) is 0 Å². The highest BCUT2D eigenvalue weighted by atomic mass is 79.9. The van der Waals surface area contributed by atoms with Gasteiger partial charge in [-0.3, -0.25) is 24.6 Å². The van der Waals surface area contributed by atoms with Gasteiger partial charge in [-0.15, -0.1) is 11.3 Å². The number of Topliss-reactive ketones (excluding diaryl/α,β-unsaturated/α-hetero) is 1. The van der Waals surface area contributed by atoms with Gasteiger partial charge >= 0.3 is 0 Å². The fourth-order valence-corrected chi connectivity index (χ4v) is 3.10. The Labute approximate surface area is 110 Å². The molecule has 2 rings (SSSR count). The van der Waals surface area contributed by atoms with Gasteiger partial charge in [0.15, 0.2) is 5.78 Å². The average Bonchev–Trinajstić information content (AvgIpc) is 2.62. The van der Waals surface area contributed by atoms with Crippen LogP contribution in [0, 0.1) is 0 Å². The highest BCUT2D eigenvalue weighted by Crippen LogP contribution is 2.23. The van der Waals surface area contributed by atoms with Crippen LogP contribution >= 0.6 is 27.3 Å². The van der Waals surface area contributed by atoms with Gasteiger partial charge in [0, 0.05) is 4.47 Å². The van der Waals surface area contributed by atoms with Crippen molar-refractivity contribution < 1.29 is 14.4 Å². The lowest BCUT2D eigenvalue weighted by Gasteiger charge is -2.24. The van der Waals surface area contributed by atoms with E-state index in [2.05, 4.69) is 21.2 Å². The molecule has 0 aromatic carbocycles. The van der Waals surface area contributed by atoms with Gasteiger partial charge in [0.25, 0.3) is 0 Å². The number of nitrogens with one attached hydrogen (secondary N) is 1. The summed E-state index contributed by atoms with van der Waals surface area (Å²) in [4.78, 5) is 36.3. The van der Waals surface area contributed by atoms with E-state index in [0.29, 0.717) is 4.88 Å². The van der Waals surface area contributed by atoms with E-state index in [1.807, 2.05) is 5.38 Å². The van der Waals surface area contributed by atoms with Crippen molar-refractivity contribution in [1.82, 2.24) is 10.2 Å². The zero-order chi connectivity index (χ0) is 12.4. The zero-order valence-electron chi connectivity index (χ0n) is 8.73. The van der Waals surface area contributed by atoms with E-state index in [0.717, 1.165) is 4.47 Å². The molecule has 0 unspecified atom stereocenters. The Morgan fingerprint density at radius 1 is 1.41 bits per heavy atom. The van der Waals surface area contributed by atoms with Gasteiger partial charge in [0.2, 0.25) is 11.8 Å². The van der Waals surface area contributed by atoms with Gasteiger partial charge in [0.1, 0.15) is 0 Å². The average molecular weight is 317 g/mol. The minimum Gasteiger partial charge on any atom is -0.294 e. The molecular weight excluding hydrogens is 308 g/mol. The van der Waals surface area contributed by atoms with E-state index in [9.17, 15) is 14.4 Å². The van der Waals surface area contributed by atoms with Crippen molar-refractivity contribution in [3.05, 3.63) is 20.8 Å². The first-order valence-electron chi connectivity index (χ1n) is 4.87. The Kier molecular flexibility index (Phi) is 3.70. The monoisotopic (exact) mass is 316 g/mol. The summed E-state index contributed by atoms with van der Waals surface area (Å²) in [5.41, 5.74) is 0. The summed E-state index contributed by atoms with van der Waals surface area (Å²) in [5, 5.41) is 4.00. The normalized spacial score (nSPS) is 17.0. The predicted molar refractivity (Wildman–Crippen MR) is 65.9 cm³/mol. The van der Waals surface area contributed by atoms with Crippen molar-refractivity contribution in [1.29, 1.82) is 0 Å². The first-order chi connectivity index (χ1) is 8.06. The number of hydrogen-bond acceptors (Lipinski definition) is 5. The molecule has 7 heteroatoms. The van der Waals surface area contributed by atoms with E-state index in [1.54, 1.807) is 6.07 Å². The molecule has 1 fully saturated rings. The highest BCUT2D eigenvalue weighted by molar-refractivity contribution is 9.10. The number of imide groups is 1. The van der Waals surface area contributed by atoms with Crippen LogP contribution in [0.5, 0.6) is 0 Å². The standard InChI is InChI=1S/C10H9BrN2O3S/c11-6-1-2-17-10(6)7(14)3-13-4-8(15)12-9(16)5-13/h1-2H,3-5H2,(H,12,15,16). The van der Waals surface area contributed by atoms with E-state index in [-0.39, 0.29) is 37.2 Å². The first kappa shape index (κ1) is 12.4. The van der Waals surface area contributed by atoms with Crippen LogP contribution in [0.1, 0.15) is 9.67 Å². The Morgan fingerprint density at radius 3 is 2.59 bits per heavy atom. The second-order valence-electron chi connectivity index (χ2n) is 3.64. The molecule has 1 aromatic heterocycles. The number of amides is 2. The molecule has 0 radical (unpaired) electrons. The second kappa shape index (κ2) is 5.07. The third kappa shape index (κ3) is 2.99. The lowest BCUT2D eigenvalue weighted by molar-refractivity contribution is -0.135. The third-order valence-corrected chi connectivity index (χ3v) is 4.13. The lowest BCUT2D eigenvalue weighted by Crippen LogP contribution is -2.52. The number of carbonyl (C=O) groups is 3. The number of thiophene rings is 1. The van der Waals surface area contributed by atoms with Crippen molar-refractivity contribution >= 4 is 44.9 Å². The first-order valence-corrected chi connectivity index (χ1v) is 6.55. The van der Waals surface area contributed by atoms with Crippen molar-refractivity contribution in [3.63, 3.8) is 0 Å². The minimum absolute atomic E-state index is 0.0816. The van der Waals surface area contributed by atoms with Crippen LogP contribution in [0.2, 0.25) is 0 Å². The smallest absolute Gasteiger partial charge is 0.240 e. The van der Waals surface area contributed by atoms with E-state index in [1.165, 1.54) is 16.2 Å². The molecule has 5 nitrogen and oxygen atoms in total. The molecule has 0 spiro atoms. The molecule has 1 aliphatic heterocycles. The summed E-state index contributed by atoms with van der Waals surface area (Å²) in [7, 11) is 0. The predicted octanol–water partition coefficient (Wildman–Crippen LogP) is 0.652. The molecule has 17 heavy (non-hydrogen) atoms. The van der Waals surface area contributed by atoms with Crippen LogP contribution < -0.4 is 5.32 Å². The van der Waals surface area contributed by atoms with Crippen LogP contribution in [0.15, 0.2) is 15.9 Å². The van der Waals surface area contributed by atoms with Gasteiger partial charge in [-0.05, 0) is 27.4 Å². The molecule has 1 aromatic rings. The molecule has 0 atom stereocenters. The summed E-state index contributed by atoms with van der Waals surface area (Å²) < 4.78 is 0.750. The van der Waals surface area contributed by atoms with Crippen molar-refractivity contribution in [2.24, 2.45) is 0 Å². The maximum atomic E-state index is 11.9. The molecule has 2 amide bonds. The number of halogens is 1. The Morgan fingerprint density at radius 2 is 2.06 bits per heavy atom. The Balaban J connectivity index is 2.02. The number of rotatable bonds is 3. The third-order valence-electron chi connectivity index (χ3n) is 2.25. The molecule has 2 heterocycles. The molecule has 0 bridgehead atoms. The number of carbonyl (C=O) groups excluding carboxylic acids is 3. The summed E-state index contributed by atoms with van der Waals surface area (Å²) in [5.74, 6) is -0.812. The molecular formula is C10H9BrN2O3S. The van der Waals surface area contributed by atoms with Crippen molar-refractivity contribution in [3.8, 4) is 0 Å². The Hall–Kier alpha value is -1.05. The van der Waals surface area contributed by atoms with Crippen LogP contribution in [0.3, 0.4) is 0 Å². The van der Waals surface area contributed by atoms with Gasteiger partial charge in [-0.2, -0.15) is 0 Å². The largest absolute Gasteiger partial charge is 0.294 e. The van der Waals surface area contributed by atoms with Crippen LogP contribution in [0.25, 0.3) is 0 Å². The van der Waals surface area contributed by atoms with Crippen LogP contribution in [-0.2, 0) is 9.59 Å². The fourth-order valence-electron chi connectivity index (χ4n) is 1.58. The maximum Gasteiger partial charge on any atom is 0.240 e. The van der Waals surface area contributed by atoms with Gasteiger partial charge in [-0.25, -0.2) is 0 Å². The number of hydrogen-bond donors (Lipinski definition) is 1. The second-order valence-corrected chi connectivity index (χ2v) is 5.41. The fraction of sp³-hybridized carbons (Fsp3) is 0.300. The lowest BCUT2D eigenvalue weighted by atomic mass is 10.2. The van der Waals surface area contributed by atoms with Gasteiger partial charge in [0.05, 0.1) is 24.5 Å². The van der Waals surface area contributed by atoms with E-state index in [4.69, 9.17) is 0 Å². The molecule has 1 saturated heterocycles. The molecule has 1 aliphatic rings. The SMILES string of the molecule is O=C1CN(CC(=O)c2sccc2Br)CC(=O)N1. The molecule has 0 aliphatic carbocycles. The van der Waals surface area contributed by atoms with E-state index >= 15 is 0 Å². The number of ketones is 1. The van der Waals surface area contributed by atoms with Gasteiger partial charge < -0.3 is 0 Å². The minimum atomic E-state index is -0.362. The Bertz CT molecular complexity index is 470. The van der Waals surface area contributed by atoms with E-state index < -0.39 is 0 Å². The highest BCUT2D eigenvalue weighted by Gasteiger charge is 2.25. The summed E-state index contributed by atoms with van der Waals surface area (Å²) in [6.07, 6.45) is 0. The maximum absolute atomic E-state index is 11.9. The van der Waals surface area contributed by atoms with Crippen molar-refractivity contribution in [2.75, 3.05) is 19.6 Å². The summed E-state index contributed by atoms with van der Waals surface area (Å²) >= 11 is 4.62. The van der Waals surface area contributed by atoms with Crippen LogP contribution in [0.4, 0.5) is 0 Å². The topological polar surface area (TPSA) is 66.5 Å². The zero-order valence-corrected chi connectivity index (χ0v) is 11.1. The quantitative estimate of drug-likeness (QED) is 0.657. The molecule has 0 saturated carbocycles. The van der Waals surface area contributed by atoms with Gasteiger partial charge in [-0.1, -0.05) is 0 Å². The molecule has 1 N–H and O–H groups in total. The summed E-state index contributed by atoms with van der Waals surface area (Å²) in [6.45, 7) is 0.249. The van der Waals surface area contributed by atoms with Crippen LogP contribution in [-0.4, -0.2) is 42.1 Å². The number of piperazine rings is 1. The summed E-state index contributed by atoms with van der Waals surface area (Å²) in [6, 6.07) is 1.80. The molecule has 90 valence electrons.